The zero-order valence-electron chi connectivity index (χ0n) is 13.1. The van der Waals surface area contributed by atoms with Gasteiger partial charge in [-0.15, -0.1) is 0 Å². The number of hydrogen-bond donors (Lipinski definition) is 1. The molecule has 3 heterocycles. The summed E-state index contributed by atoms with van der Waals surface area (Å²) in [5.41, 5.74) is 2.87. The lowest BCUT2D eigenvalue weighted by atomic mass is 10.1. The van der Waals surface area contributed by atoms with Crippen molar-refractivity contribution in [1.29, 1.82) is 0 Å². The molecule has 6 heteroatoms. The molecular formula is C18H17N3O3. The minimum absolute atomic E-state index is 0.0886. The molecular weight excluding hydrogens is 306 g/mol. The number of hydrogen-bond acceptors (Lipinski definition) is 4. The quantitative estimate of drug-likeness (QED) is 0.804. The number of benzene rings is 1. The van der Waals surface area contributed by atoms with E-state index in [1.165, 1.54) is 0 Å². The number of H-pyrrole nitrogens is 1. The van der Waals surface area contributed by atoms with Crippen LogP contribution in [0.25, 0.3) is 22.6 Å². The van der Waals surface area contributed by atoms with Crippen LogP contribution in [0.4, 0.5) is 0 Å². The number of rotatable bonds is 3. The lowest BCUT2D eigenvalue weighted by molar-refractivity contribution is 0.0283. The minimum Gasteiger partial charge on any atom is -0.451 e. The molecule has 4 rings (SSSR count). The Bertz CT molecular complexity index is 833. The molecule has 122 valence electrons. The Morgan fingerprint density at radius 1 is 1.08 bits per heavy atom. The first-order chi connectivity index (χ1) is 11.8. The number of amides is 1. The Balaban J connectivity index is 1.58. The zero-order valence-corrected chi connectivity index (χ0v) is 13.1. The molecule has 1 aromatic carbocycles. The van der Waals surface area contributed by atoms with Crippen LogP contribution in [0.15, 0.2) is 53.1 Å². The average molecular weight is 323 g/mol. The predicted octanol–water partition coefficient (Wildman–Crippen LogP) is 2.81. The zero-order chi connectivity index (χ0) is 16.4. The lowest BCUT2D eigenvalue weighted by Crippen LogP contribution is -2.40. The number of aromatic amines is 1. The van der Waals surface area contributed by atoms with Crippen LogP contribution in [-0.2, 0) is 4.74 Å². The Morgan fingerprint density at radius 2 is 1.92 bits per heavy atom. The van der Waals surface area contributed by atoms with Crippen LogP contribution in [0.1, 0.15) is 10.6 Å². The fourth-order valence-corrected chi connectivity index (χ4v) is 2.79. The summed E-state index contributed by atoms with van der Waals surface area (Å²) in [6.07, 6.45) is 1.72. The van der Waals surface area contributed by atoms with Crippen LogP contribution in [0, 0.1) is 0 Å². The fourth-order valence-electron chi connectivity index (χ4n) is 2.79. The third-order valence-electron chi connectivity index (χ3n) is 4.07. The molecule has 1 aliphatic rings. The van der Waals surface area contributed by atoms with Crippen molar-refractivity contribution in [2.24, 2.45) is 0 Å². The van der Waals surface area contributed by atoms with Gasteiger partial charge in [0.1, 0.15) is 5.76 Å². The van der Waals surface area contributed by atoms with Crippen molar-refractivity contribution in [2.75, 3.05) is 26.3 Å². The van der Waals surface area contributed by atoms with Gasteiger partial charge in [-0.05, 0) is 24.3 Å². The molecule has 1 saturated heterocycles. The second-order valence-corrected chi connectivity index (χ2v) is 5.62. The van der Waals surface area contributed by atoms with Gasteiger partial charge in [0.2, 0.25) is 0 Å². The number of carbonyl (C=O) groups is 1. The summed E-state index contributed by atoms with van der Waals surface area (Å²) in [7, 11) is 0. The molecule has 24 heavy (non-hydrogen) atoms. The van der Waals surface area contributed by atoms with Gasteiger partial charge in [-0.2, -0.15) is 5.10 Å². The summed E-state index contributed by atoms with van der Waals surface area (Å²) < 4.78 is 11.1. The van der Waals surface area contributed by atoms with Gasteiger partial charge in [-0.3, -0.25) is 9.89 Å². The van der Waals surface area contributed by atoms with E-state index in [-0.39, 0.29) is 5.91 Å². The van der Waals surface area contributed by atoms with Crippen molar-refractivity contribution < 1.29 is 13.9 Å². The van der Waals surface area contributed by atoms with Gasteiger partial charge in [0.25, 0.3) is 5.91 Å². The smallest absolute Gasteiger partial charge is 0.289 e. The maximum absolute atomic E-state index is 12.5. The number of furan rings is 1. The van der Waals surface area contributed by atoms with Crippen molar-refractivity contribution in [3.63, 3.8) is 0 Å². The summed E-state index contributed by atoms with van der Waals surface area (Å²) in [6.45, 7) is 2.35. The van der Waals surface area contributed by atoms with E-state index in [1.54, 1.807) is 17.2 Å². The fraction of sp³-hybridized carbons (Fsp3) is 0.222. The number of carbonyl (C=O) groups excluding carboxylic acids is 1. The second-order valence-electron chi connectivity index (χ2n) is 5.62. The topological polar surface area (TPSA) is 71.4 Å². The summed E-state index contributed by atoms with van der Waals surface area (Å²) in [6, 6.07) is 13.4. The van der Waals surface area contributed by atoms with E-state index in [2.05, 4.69) is 10.2 Å². The molecule has 0 unspecified atom stereocenters. The monoisotopic (exact) mass is 323 g/mol. The van der Waals surface area contributed by atoms with Gasteiger partial charge >= 0.3 is 0 Å². The van der Waals surface area contributed by atoms with Crippen molar-refractivity contribution in [2.45, 2.75) is 0 Å². The summed E-state index contributed by atoms with van der Waals surface area (Å²) in [4.78, 5) is 14.2. The van der Waals surface area contributed by atoms with Crippen molar-refractivity contribution in [3.05, 3.63) is 54.4 Å². The molecule has 1 fully saturated rings. The molecule has 0 bridgehead atoms. The van der Waals surface area contributed by atoms with E-state index >= 15 is 0 Å². The van der Waals surface area contributed by atoms with Crippen LogP contribution < -0.4 is 0 Å². The van der Waals surface area contributed by atoms with Gasteiger partial charge < -0.3 is 14.1 Å². The molecule has 1 N–H and O–H groups in total. The standard InChI is InChI=1S/C18H17N3O3/c22-18(21-8-10-23-11-9-21)17-5-4-16(24-17)14-3-1-2-13(12-14)15-6-7-19-20-15/h1-7,12H,8-11H2,(H,19,20). The molecule has 1 aliphatic heterocycles. The Kier molecular flexibility index (Phi) is 3.88. The molecule has 0 radical (unpaired) electrons. The Morgan fingerprint density at radius 3 is 2.71 bits per heavy atom. The summed E-state index contributed by atoms with van der Waals surface area (Å²) >= 11 is 0. The van der Waals surface area contributed by atoms with E-state index in [1.807, 2.05) is 36.4 Å². The van der Waals surface area contributed by atoms with E-state index in [4.69, 9.17) is 9.15 Å². The lowest BCUT2D eigenvalue weighted by Gasteiger charge is -2.25. The van der Waals surface area contributed by atoms with E-state index in [0.29, 0.717) is 37.8 Å². The third kappa shape index (κ3) is 2.83. The third-order valence-corrected chi connectivity index (χ3v) is 4.07. The maximum Gasteiger partial charge on any atom is 0.289 e. The first kappa shape index (κ1) is 14.7. The Hall–Kier alpha value is -2.86. The number of ether oxygens (including phenoxy) is 1. The Labute approximate surface area is 139 Å². The number of morpholine rings is 1. The minimum atomic E-state index is -0.0886. The van der Waals surface area contributed by atoms with Crippen LogP contribution in [-0.4, -0.2) is 47.3 Å². The average Bonchev–Trinajstić information content (AvgIpc) is 3.34. The van der Waals surface area contributed by atoms with Crippen LogP contribution >= 0.6 is 0 Å². The van der Waals surface area contributed by atoms with Crippen LogP contribution in [0.3, 0.4) is 0 Å². The number of nitrogens with zero attached hydrogens (tertiary/aromatic N) is 2. The normalized spacial score (nSPS) is 14.8. The van der Waals surface area contributed by atoms with E-state index < -0.39 is 0 Å². The molecule has 0 spiro atoms. The highest BCUT2D eigenvalue weighted by Gasteiger charge is 2.21. The highest BCUT2D eigenvalue weighted by molar-refractivity contribution is 5.92. The van der Waals surface area contributed by atoms with Gasteiger partial charge in [0.15, 0.2) is 5.76 Å². The first-order valence-corrected chi connectivity index (χ1v) is 7.88. The molecule has 6 nitrogen and oxygen atoms in total. The van der Waals surface area contributed by atoms with Gasteiger partial charge in [0.05, 0.1) is 18.9 Å². The van der Waals surface area contributed by atoms with Crippen molar-refractivity contribution in [3.8, 4) is 22.6 Å². The van der Waals surface area contributed by atoms with Gasteiger partial charge in [-0.1, -0.05) is 18.2 Å². The second kappa shape index (κ2) is 6.33. The molecule has 2 aromatic heterocycles. The van der Waals surface area contributed by atoms with E-state index in [0.717, 1.165) is 16.8 Å². The van der Waals surface area contributed by atoms with E-state index in [9.17, 15) is 4.79 Å². The number of nitrogens with one attached hydrogen (secondary N) is 1. The molecule has 0 atom stereocenters. The summed E-state index contributed by atoms with van der Waals surface area (Å²) in [5.74, 6) is 0.945. The first-order valence-electron chi connectivity index (χ1n) is 7.88. The molecule has 1 amide bonds. The summed E-state index contributed by atoms with van der Waals surface area (Å²) in [5, 5.41) is 6.92. The number of aromatic nitrogens is 2. The molecule has 3 aromatic rings. The van der Waals surface area contributed by atoms with Crippen molar-refractivity contribution >= 4 is 5.91 Å². The highest BCUT2D eigenvalue weighted by Crippen LogP contribution is 2.27. The maximum atomic E-state index is 12.5. The van der Waals surface area contributed by atoms with Crippen molar-refractivity contribution in [1.82, 2.24) is 15.1 Å². The highest BCUT2D eigenvalue weighted by atomic mass is 16.5. The largest absolute Gasteiger partial charge is 0.451 e. The van der Waals surface area contributed by atoms with Crippen LogP contribution in [0.2, 0.25) is 0 Å². The van der Waals surface area contributed by atoms with Gasteiger partial charge in [0, 0.05) is 30.4 Å². The van der Waals surface area contributed by atoms with Gasteiger partial charge in [-0.25, -0.2) is 0 Å². The SMILES string of the molecule is O=C(c1ccc(-c2cccc(-c3ccn[nH]3)c2)o1)N1CCOCC1. The molecule has 0 saturated carbocycles. The van der Waals surface area contributed by atoms with Crippen LogP contribution in [0.5, 0.6) is 0 Å². The predicted molar refractivity (Wildman–Crippen MR) is 88.4 cm³/mol. The molecule has 0 aliphatic carbocycles.